The molecule has 150 valence electrons. The summed E-state index contributed by atoms with van der Waals surface area (Å²) in [5.41, 5.74) is 0.766. The fraction of sp³-hybridized carbons (Fsp3) is 0.520. The Morgan fingerprint density at radius 2 is 1.86 bits per heavy atom. The Morgan fingerprint density at radius 1 is 1.07 bits per heavy atom. The van der Waals surface area contributed by atoms with Crippen LogP contribution in [0.4, 0.5) is 8.78 Å². The Labute approximate surface area is 166 Å². The number of hydrogen-bond donors (Lipinski definition) is 0. The van der Waals surface area contributed by atoms with Gasteiger partial charge in [-0.3, -0.25) is 0 Å². The van der Waals surface area contributed by atoms with Crippen LogP contribution in [-0.2, 0) is 0 Å². The van der Waals surface area contributed by atoms with Gasteiger partial charge in [0.2, 0.25) is 0 Å². The van der Waals surface area contributed by atoms with Gasteiger partial charge >= 0.3 is 0 Å². The van der Waals surface area contributed by atoms with E-state index in [1.807, 2.05) is 12.1 Å². The largest absolute Gasteiger partial charge is 0.486 e. The summed E-state index contributed by atoms with van der Waals surface area (Å²) in [6.07, 6.45) is 10.1. The first-order valence-corrected chi connectivity index (χ1v) is 10.8. The predicted molar refractivity (Wildman–Crippen MR) is 111 cm³/mol. The van der Waals surface area contributed by atoms with E-state index in [1.54, 1.807) is 12.1 Å². The summed E-state index contributed by atoms with van der Waals surface area (Å²) >= 11 is 0. The van der Waals surface area contributed by atoms with Crippen molar-refractivity contribution in [2.24, 2.45) is 17.8 Å². The van der Waals surface area contributed by atoms with E-state index in [1.165, 1.54) is 38.2 Å². The van der Waals surface area contributed by atoms with Crippen LogP contribution in [-0.4, -0.2) is 6.61 Å². The first-order chi connectivity index (χ1) is 13.6. The van der Waals surface area contributed by atoms with E-state index < -0.39 is 5.82 Å². The van der Waals surface area contributed by atoms with Gasteiger partial charge in [0.25, 0.3) is 0 Å². The molecule has 0 N–H and O–H groups in total. The van der Waals surface area contributed by atoms with Gasteiger partial charge in [-0.2, -0.15) is 0 Å². The monoisotopic (exact) mass is 384 g/mol. The summed E-state index contributed by atoms with van der Waals surface area (Å²) in [6.45, 7) is 6.10. The van der Waals surface area contributed by atoms with Crippen molar-refractivity contribution in [1.29, 1.82) is 0 Å². The van der Waals surface area contributed by atoms with E-state index >= 15 is 0 Å². The summed E-state index contributed by atoms with van der Waals surface area (Å²) in [7, 11) is 0. The van der Waals surface area contributed by atoms with Crippen molar-refractivity contribution in [2.75, 3.05) is 6.61 Å². The second kappa shape index (κ2) is 8.23. The minimum atomic E-state index is -0.494. The molecule has 0 heterocycles. The maximum Gasteiger partial charge on any atom is 0.172 e. The molecule has 2 aromatic carbocycles. The molecule has 0 saturated heterocycles. The van der Waals surface area contributed by atoms with Crippen LogP contribution in [0.15, 0.2) is 36.9 Å². The molecule has 3 heteroatoms. The van der Waals surface area contributed by atoms with Crippen LogP contribution in [0.2, 0.25) is 0 Å². The van der Waals surface area contributed by atoms with Crippen LogP contribution in [0.3, 0.4) is 0 Å². The molecule has 2 fully saturated rings. The lowest BCUT2D eigenvalue weighted by Crippen LogP contribution is -2.30. The van der Waals surface area contributed by atoms with Gasteiger partial charge < -0.3 is 4.74 Å². The van der Waals surface area contributed by atoms with E-state index in [-0.39, 0.29) is 24.1 Å². The van der Waals surface area contributed by atoms with Crippen molar-refractivity contribution in [3.63, 3.8) is 0 Å². The maximum absolute atomic E-state index is 15.0. The van der Waals surface area contributed by atoms with Crippen molar-refractivity contribution in [1.82, 2.24) is 0 Å². The number of halogens is 2. The van der Waals surface area contributed by atoms with Gasteiger partial charge in [0.05, 0.1) is 0 Å². The summed E-state index contributed by atoms with van der Waals surface area (Å²) in [6, 6.07) is 6.69. The third-order valence-corrected chi connectivity index (χ3v) is 7.13. The highest BCUT2D eigenvalue weighted by Crippen LogP contribution is 2.48. The quantitative estimate of drug-likeness (QED) is 0.488. The second-order valence-corrected chi connectivity index (χ2v) is 8.69. The highest BCUT2D eigenvalue weighted by Gasteiger charge is 2.36. The van der Waals surface area contributed by atoms with Gasteiger partial charge in [-0.05, 0) is 84.9 Å². The number of benzene rings is 2. The van der Waals surface area contributed by atoms with E-state index in [4.69, 9.17) is 4.74 Å². The molecule has 2 unspecified atom stereocenters. The van der Waals surface area contributed by atoms with Crippen molar-refractivity contribution in [2.45, 2.75) is 57.8 Å². The topological polar surface area (TPSA) is 9.23 Å². The average Bonchev–Trinajstić information content (AvgIpc) is 2.72. The molecule has 0 bridgehead atoms. The third-order valence-electron chi connectivity index (χ3n) is 7.13. The average molecular weight is 385 g/mol. The van der Waals surface area contributed by atoms with Crippen LogP contribution in [0.1, 0.15) is 63.4 Å². The molecule has 2 aliphatic carbocycles. The Balaban J connectivity index is 1.58. The van der Waals surface area contributed by atoms with Crippen LogP contribution in [0.5, 0.6) is 5.75 Å². The van der Waals surface area contributed by atoms with Gasteiger partial charge in [0.1, 0.15) is 12.4 Å². The third kappa shape index (κ3) is 3.68. The highest BCUT2D eigenvalue weighted by atomic mass is 19.1. The molecule has 4 rings (SSSR count). The lowest BCUT2D eigenvalue weighted by atomic mass is 9.63. The summed E-state index contributed by atoms with van der Waals surface area (Å²) in [4.78, 5) is 0. The molecule has 28 heavy (non-hydrogen) atoms. The first-order valence-electron chi connectivity index (χ1n) is 10.8. The normalized spacial score (nSPS) is 27.4. The van der Waals surface area contributed by atoms with E-state index in [2.05, 4.69) is 13.5 Å². The van der Waals surface area contributed by atoms with Crippen molar-refractivity contribution in [3.8, 4) is 5.75 Å². The molecule has 0 amide bonds. The molecular weight excluding hydrogens is 354 g/mol. The number of hydrogen-bond acceptors (Lipinski definition) is 1. The first kappa shape index (κ1) is 19.4. The standard InChI is InChI=1S/C25H30F2O/c1-3-11-28-24-10-9-20-14-21(23(26)15-22(20)25(24)27)19-8-7-17-12-16(4-2)5-6-18(17)13-19/h3,9-10,14-19H,1,4-8,11-13H2,2H3/t16?,17-,18?,19-/m1/s1. The summed E-state index contributed by atoms with van der Waals surface area (Å²) in [5.74, 6) is 2.06. The lowest BCUT2D eigenvalue weighted by Gasteiger charge is -2.42. The Bertz CT molecular complexity index is 859. The fourth-order valence-corrected chi connectivity index (χ4v) is 5.52. The van der Waals surface area contributed by atoms with Crippen LogP contribution >= 0.6 is 0 Å². The summed E-state index contributed by atoms with van der Waals surface area (Å²) < 4.78 is 35.0. The van der Waals surface area contributed by atoms with Crippen LogP contribution in [0, 0.1) is 29.4 Å². The minimum Gasteiger partial charge on any atom is -0.486 e. The zero-order chi connectivity index (χ0) is 19.7. The van der Waals surface area contributed by atoms with E-state index in [0.717, 1.165) is 41.5 Å². The number of ether oxygens (including phenoxy) is 1. The molecule has 2 saturated carbocycles. The van der Waals surface area contributed by atoms with Crippen LogP contribution in [0.25, 0.3) is 10.8 Å². The molecular formula is C25H30F2O. The van der Waals surface area contributed by atoms with Gasteiger partial charge in [-0.25, -0.2) is 8.78 Å². The zero-order valence-electron chi connectivity index (χ0n) is 16.7. The number of fused-ring (bicyclic) bond motifs is 2. The Morgan fingerprint density at radius 3 is 2.64 bits per heavy atom. The van der Waals surface area contributed by atoms with Crippen molar-refractivity contribution in [3.05, 3.63) is 54.1 Å². The predicted octanol–water partition coefficient (Wildman–Crippen LogP) is 7.39. The second-order valence-electron chi connectivity index (χ2n) is 8.69. The van der Waals surface area contributed by atoms with Crippen molar-refractivity contribution < 1.29 is 13.5 Å². The van der Waals surface area contributed by atoms with E-state index in [9.17, 15) is 8.78 Å². The molecule has 0 aromatic heterocycles. The Hall–Kier alpha value is -1.90. The molecule has 0 spiro atoms. The molecule has 0 aliphatic heterocycles. The molecule has 1 nitrogen and oxygen atoms in total. The number of rotatable bonds is 5. The zero-order valence-corrected chi connectivity index (χ0v) is 16.7. The SMILES string of the molecule is C=CCOc1ccc2cc([C@@H]3CC[C@@H]4CC(CC)CCC4C3)c(F)cc2c1F. The van der Waals surface area contributed by atoms with Crippen LogP contribution < -0.4 is 4.74 Å². The van der Waals surface area contributed by atoms with Gasteiger partial charge in [-0.15, -0.1) is 0 Å². The molecule has 2 aliphatic rings. The minimum absolute atomic E-state index is 0.146. The summed E-state index contributed by atoms with van der Waals surface area (Å²) in [5, 5.41) is 1.04. The van der Waals surface area contributed by atoms with E-state index in [0.29, 0.717) is 5.39 Å². The fourth-order valence-electron chi connectivity index (χ4n) is 5.52. The molecule has 2 aromatic rings. The Kier molecular flexibility index (Phi) is 5.70. The smallest absolute Gasteiger partial charge is 0.172 e. The van der Waals surface area contributed by atoms with Gasteiger partial charge in [0.15, 0.2) is 11.6 Å². The van der Waals surface area contributed by atoms with Gasteiger partial charge in [0, 0.05) is 5.39 Å². The lowest BCUT2D eigenvalue weighted by molar-refractivity contribution is 0.115. The van der Waals surface area contributed by atoms with Crippen molar-refractivity contribution >= 4 is 10.8 Å². The van der Waals surface area contributed by atoms with Gasteiger partial charge in [-0.1, -0.05) is 38.5 Å². The maximum atomic E-state index is 15.0. The molecule has 0 radical (unpaired) electrons. The highest BCUT2D eigenvalue weighted by molar-refractivity contribution is 5.85. The molecule has 4 atom stereocenters.